The summed E-state index contributed by atoms with van der Waals surface area (Å²) in [6.07, 6.45) is 2.25. The van der Waals surface area contributed by atoms with Crippen LogP contribution in [0.25, 0.3) is 0 Å². The molecule has 3 aromatic rings. The fraction of sp³-hybridized carbons (Fsp3) is 0.296. The first kappa shape index (κ1) is 22.9. The van der Waals surface area contributed by atoms with Crippen LogP contribution in [0.1, 0.15) is 41.5 Å². The van der Waals surface area contributed by atoms with Gasteiger partial charge in [0.15, 0.2) is 0 Å². The second-order valence-electron chi connectivity index (χ2n) is 8.60. The third-order valence-electron chi connectivity index (χ3n) is 6.35. The first-order chi connectivity index (χ1) is 15.9. The molecule has 0 aliphatic carbocycles. The van der Waals surface area contributed by atoms with Crippen LogP contribution in [0.2, 0.25) is 0 Å². The third-order valence-corrected chi connectivity index (χ3v) is 6.35. The highest BCUT2D eigenvalue weighted by molar-refractivity contribution is 5.87. The molecule has 1 aliphatic rings. The quantitative estimate of drug-likeness (QED) is 0.545. The van der Waals surface area contributed by atoms with Gasteiger partial charge in [-0.3, -0.25) is 4.79 Å². The number of carbonyl (C=O) groups excluding carboxylic acids is 1. The zero-order valence-corrected chi connectivity index (χ0v) is 18.6. The Labute approximate surface area is 193 Å². The zero-order valence-electron chi connectivity index (χ0n) is 18.6. The van der Waals surface area contributed by atoms with Crippen LogP contribution in [0.3, 0.4) is 0 Å². The van der Waals surface area contributed by atoms with E-state index in [4.69, 9.17) is 0 Å². The van der Waals surface area contributed by atoms with Crippen molar-refractivity contribution in [1.82, 2.24) is 9.80 Å². The number of likely N-dealkylation sites (N-methyl/N-ethyl adjacent to an activating group) is 1. The van der Waals surface area contributed by atoms with Crippen molar-refractivity contribution < 1.29 is 18.7 Å². The second kappa shape index (κ2) is 10.1. The number of phenolic OH excluding ortho intramolecular Hbond substituents is 1. The number of amides is 1. The molecular formula is C27H28F2N2O2. The second-order valence-corrected chi connectivity index (χ2v) is 8.60. The highest BCUT2D eigenvalue weighted by Crippen LogP contribution is 2.32. The van der Waals surface area contributed by atoms with E-state index in [1.54, 1.807) is 54.4 Å². The topological polar surface area (TPSA) is 43.8 Å². The first-order valence-corrected chi connectivity index (χ1v) is 11.2. The van der Waals surface area contributed by atoms with Crippen molar-refractivity contribution in [3.8, 4) is 5.75 Å². The van der Waals surface area contributed by atoms with Crippen LogP contribution in [0.5, 0.6) is 5.75 Å². The fourth-order valence-corrected chi connectivity index (χ4v) is 4.54. The Kier molecular flexibility index (Phi) is 7.04. The molecule has 0 aromatic heterocycles. The maximum Gasteiger partial charge on any atom is 0.234 e. The smallest absolute Gasteiger partial charge is 0.234 e. The van der Waals surface area contributed by atoms with E-state index < -0.39 is 5.92 Å². The first-order valence-electron chi connectivity index (χ1n) is 11.2. The van der Waals surface area contributed by atoms with Gasteiger partial charge in [-0.05, 0) is 79.0 Å². The summed E-state index contributed by atoms with van der Waals surface area (Å²) in [5.41, 5.74) is 2.11. The number of rotatable bonds is 7. The van der Waals surface area contributed by atoms with Crippen LogP contribution in [0, 0.1) is 11.6 Å². The molecule has 1 saturated heterocycles. The van der Waals surface area contributed by atoms with E-state index in [2.05, 4.69) is 4.90 Å². The molecule has 4 nitrogen and oxygen atoms in total. The molecule has 4 rings (SSSR count). The molecule has 1 fully saturated rings. The summed E-state index contributed by atoms with van der Waals surface area (Å²) in [4.78, 5) is 18.0. The summed E-state index contributed by atoms with van der Waals surface area (Å²) >= 11 is 0. The van der Waals surface area contributed by atoms with Crippen LogP contribution in [-0.4, -0.2) is 47.5 Å². The summed E-state index contributed by atoms with van der Waals surface area (Å²) in [7, 11) is 1.76. The molecule has 1 N–H and O–H groups in total. The molecule has 1 atom stereocenters. The van der Waals surface area contributed by atoms with E-state index >= 15 is 0 Å². The Morgan fingerprint density at radius 3 is 1.97 bits per heavy atom. The minimum atomic E-state index is -0.713. The number of nitrogens with zero attached hydrogens (tertiary/aromatic N) is 2. The Morgan fingerprint density at radius 1 is 0.909 bits per heavy atom. The molecule has 0 saturated carbocycles. The monoisotopic (exact) mass is 450 g/mol. The van der Waals surface area contributed by atoms with Crippen LogP contribution < -0.4 is 0 Å². The lowest BCUT2D eigenvalue weighted by Crippen LogP contribution is -2.41. The van der Waals surface area contributed by atoms with E-state index in [1.165, 1.54) is 24.3 Å². The maximum atomic E-state index is 13.9. The summed E-state index contributed by atoms with van der Waals surface area (Å²) in [6, 6.07) is 18.4. The molecule has 0 radical (unpaired) electrons. The van der Waals surface area contributed by atoms with Crippen molar-refractivity contribution in [2.45, 2.75) is 24.8 Å². The number of likely N-dealkylation sites (tertiary alicyclic amines) is 1. The van der Waals surface area contributed by atoms with Gasteiger partial charge >= 0.3 is 0 Å². The number of halogens is 2. The van der Waals surface area contributed by atoms with Crippen LogP contribution in [0.4, 0.5) is 8.78 Å². The summed E-state index contributed by atoms with van der Waals surface area (Å²) in [5.74, 6) is -1.52. The van der Waals surface area contributed by atoms with Gasteiger partial charge in [0.1, 0.15) is 17.4 Å². The molecule has 6 heteroatoms. The minimum absolute atomic E-state index is 0.147. The Hall–Kier alpha value is -3.25. The highest BCUT2D eigenvalue weighted by Gasteiger charge is 2.32. The molecule has 172 valence electrons. The number of phenols is 1. The number of hydrogen-bond donors (Lipinski definition) is 1. The normalized spacial score (nSPS) is 15.0. The van der Waals surface area contributed by atoms with Gasteiger partial charge in [0, 0.05) is 13.6 Å². The van der Waals surface area contributed by atoms with Gasteiger partial charge in [0.2, 0.25) is 5.91 Å². The number of aromatic hydroxyl groups is 1. The molecule has 1 heterocycles. The lowest BCUT2D eigenvalue weighted by molar-refractivity contribution is -0.133. The lowest BCUT2D eigenvalue weighted by atomic mass is 9.89. The average Bonchev–Trinajstić information content (AvgIpc) is 3.33. The summed E-state index contributed by atoms with van der Waals surface area (Å²) in [5, 5.41) is 10.1. The molecule has 0 spiro atoms. The van der Waals surface area contributed by atoms with Crippen molar-refractivity contribution in [3.63, 3.8) is 0 Å². The van der Waals surface area contributed by atoms with Gasteiger partial charge in [-0.1, -0.05) is 36.4 Å². The van der Waals surface area contributed by atoms with Crippen molar-refractivity contribution in [2.75, 3.05) is 26.7 Å². The third kappa shape index (κ3) is 5.40. The van der Waals surface area contributed by atoms with E-state index in [1.807, 2.05) is 6.07 Å². The molecule has 33 heavy (non-hydrogen) atoms. The highest BCUT2D eigenvalue weighted by atomic mass is 19.1. The van der Waals surface area contributed by atoms with Gasteiger partial charge in [0.05, 0.1) is 12.0 Å². The van der Waals surface area contributed by atoms with E-state index in [9.17, 15) is 18.7 Å². The molecule has 1 amide bonds. The van der Waals surface area contributed by atoms with Gasteiger partial charge in [-0.2, -0.15) is 0 Å². The van der Waals surface area contributed by atoms with Gasteiger partial charge in [0.25, 0.3) is 0 Å². The minimum Gasteiger partial charge on any atom is -0.508 e. The van der Waals surface area contributed by atoms with Crippen molar-refractivity contribution in [3.05, 3.63) is 101 Å². The fourth-order valence-electron chi connectivity index (χ4n) is 4.54. The van der Waals surface area contributed by atoms with E-state index in [-0.39, 0.29) is 29.3 Å². The Morgan fingerprint density at radius 2 is 1.45 bits per heavy atom. The van der Waals surface area contributed by atoms with E-state index in [0.717, 1.165) is 31.5 Å². The average molecular weight is 451 g/mol. The van der Waals surface area contributed by atoms with Crippen molar-refractivity contribution >= 4 is 5.91 Å². The predicted molar refractivity (Wildman–Crippen MR) is 124 cm³/mol. The predicted octanol–water partition coefficient (Wildman–Crippen LogP) is 5.10. The Balaban J connectivity index is 1.71. The molecular weight excluding hydrogens is 422 g/mol. The lowest BCUT2D eigenvalue weighted by Gasteiger charge is -2.34. The number of carbonyl (C=O) groups is 1. The number of benzene rings is 3. The SMILES string of the molecule is CN(C(=O)C(c1ccc(F)cc1)c1ccc(F)cc1)[C@H](CN1CCCC1)c1cccc(O)c1. The van der Waals surface area contributed by atoms with Crippen LogP contribution >= 0.6 is 0 Å². The van der Waals surface area contributed by atoms with Crippen LogP contribution in [0.15, 0.2) is 72.8 Å². The Bertz CT molecular complexity index is 1030. The van der Waals surface area contributed by atoms with Gasteiger partial charge < -0.3 is 14.9 Å². The van der Waals surface area contributed by atoms with E-state index in [0.29, 0.717) is 17.7 Å². The summed E-state index contributed by atoms with van der Waals surface area (Å²) in [6.45, 7) is 2.58. The van der Waals surface area contributed by atoms with Crippen molar-refractivity contribution in [2.24, 2.45) is 0 Å². The van der Waals surface area contributed by atoms with Crippen LogP contribution in [-0.2, 0) is 4.79 Å². The molecule has 3 aromatic carbocycles. The number of hydrogen-bond acceptors (Lipinski definition) is 3. The molecule has 0 bridgehead atoms. The molecule has 1 aliphatic heterocycles. The van der Waals surface area contributed by atoms with Gasteiger partial charge in [-0.25, -0.2) is 8.78 Å². The molecule has 0 unspecified atom stereocenters. The largest absolute Gasteiger partial charge is 0.508 e. The standard InChI is InChI=1S/C27H28F2N2O2/c1-30(25(18-31-15-2-3-16-31)21-5-4-6-24(32)17-21)27(33)26(19-7-11-22(28)12-8-19)20-9-13-23(29)14-10-20/h4-14,17,25-26,32H,2-3,15-16,18H2,1H3/t25-/m1/s1. The zero-order chi connectivity index (χ0) is 23.4. The maximum absolute atomic E-state index is 13.9. The van der Waals surface area contributed by atoms with Gasteiger partial charge in [-0.15, -0.1) is 0 Å². The van der Waals surface area contributed by atoms with Crippen molar-refractivity contribution in [1.29, 1.82) is 0 Å². The summed E-state index contributed by atoms with van der Waals surface area (Å²) < 4.78 is 27.2.